The van der Waals surface area contributed by atoms with Crippen molar-refractivity contribution in [2.45, 2.75) is 62.9 Å². The van der Waals surface area contributed by atoms with E-state index in [1.165, 1.54) is 6.92 Å². The number of aliphatic hydroxyl groups is 1. The fraction of sp³-hybridized carbons (Fsp3) is 0.282. The summed E-state index contributed by atoms with van der Waals surface area (Å²) in [4.78, 5) is 52.1. The summed E-state index contributed by atoms with van der Waals surface area (Å²) in [5, 5.41) is 14.9. The van der Waals surface area contributed by atoms with Crippen LogP contribution < -0.4 is 15.5 Å². The summed E-state index contributed by atoms with van der Waals surface area (Å²) in [5.41, 5.74) is 4.35. The van der Waals surface area contributed by atoms with Crippen molar-refractivity contribution >= 4 is 47.0 Å². The molecule has 264 valence electrons. The standard InChI is InChI=1S/C39H39N3O8S/c1-24-34(23-51-32-18-14-30(15-19-32)40-25(2)44)49-38(50-36(24)28-10-8-26(21-43)9-11-28)29-12-16-31(17-13-29)42-35(45)20-33(37(42)46)41-39(47)48-22-27-6-4-3-5-7-27/h3-19,24,33-34,36,38,43H,20-23H2,1-2H3,(H,40,44)(H,41,47)/t24-,33?,34+,36+,38+/m1/s1. The monoisotopic (exact) mass is 709 g/mol. The summed E-state index contributed by atoms with van der Waals surface area (Å²) in [7, 11) is 0. The molecule has 3 N–H and O–H groups in total. The predicted molar refractivity (Wildman–Crippen MR) is 192 cm³/mol. The molecular formula is C39H39N3O8S. The minimum absolute atomic E-state index is 0.0321. The van der Waals surface area contributed by atoms with Crippen LogP contribution in [0.3, 0.4) is 0 Å². The van der Waals surface area contributed by atoms with Gasteiger partial charge in [-0.2, -0.15) is 0 Å². The van der Waals surface area contributed by atoms with E-state index in [0.717, 1.165) is 32.2 Å². The summed E-state index contributed by atoms with van der Waals surface area (Å²) in [6, 6.07) is 30.3. The smallest absolute Gasteiger partial charge is 0.408 e. The number of alkyl carbamates (subject to hydrolysis) is 1. The second-order valence-corrected chi connectivity index (χ2v) is 13.6. The molecule has 0 aliphatic carbocycles. The Morgan fingerprint density at radius 3 is 2.24 bits per heavy atom. The number of anilines is 2. The van der Waals surface area contributed by atoms with E-state index in [1.807, 2.05) is 78.9 Å². The highest BCUT2D eigenvalue weighted by atomic mass is 32.2. The van der Waals surface area contributed by atoms with Crippen molar-refractivity contribution in [2.24, 2.45) is 5.92 Å². The van der Waals surface area contributed by atoms with Gasteiger partial charge in [-0.3, -0.25) is 14.4 Å². The fourth-order valence-electron chi connectivity index (χ4n) is 6.03. The zero-order valence-electron chi connectivity index (χ0n) is 28.2. The van der Waals surface area contributed by atoms with Crippen LogP contribution in [0.4, 0.5) is 16.2 Å². The van der Waals surface area contributed by atoms with Crippen molar-refractivity contribution in [1.82, 2.24) is 5.32 Å². The maximum atomic E-state index is 13.2. The number of aliphatic hydroxyl groups excluding tert-OH is 1. The van der Waals surface area contributed by atoms with Crippen LogP contribution in [0.5, 0.6) is 0 Å². The fourth-order valence-corrected chi connectivity index (χ4v) is 7.10. The van der Waals surface area contributed by atoms with Crippen LogP contribution in [-0.2, 0) is 41.8 Å². The lowest BCUT2D eigenvalue weighted by Crippen LogP contribution is -2.42. The highest BCUT2D eigenvalue weighted by Gasteiger charge is 2.41. The third kappa shape index (κ3) is 8.84. The second-order valence-electron chi connectivity index (χ2n) is 12.5. The molecule has 1 unspecified atom stereocenters. The van der Waals surface area contributed by atoms with Gasteiger partial charge >= 0.3 is 6.09 Å². The number of benzene rings is 4. The second kappa shape index (κ2) is 16.3. The maximum Gasteiger partial charge on any atom is 0.408 e. The van der Waals surface area contributed by atoms with Gasteiger partial charge in [0.15, 0.2) is 6.29 Å². The first-order chi connectivity index (χ1) is 24.7. The van der Waals surface area contributed by atoms with Gasteiger partial charge in [-0.25, -0.2) is 9.69 Å². The van der Waals surface area contributed by atoms with E-state index in [4.69, 9.17) is 14.2 Å². The molecule has 2 saturated heterocycles. The number of nitrogens with one attached hydrogen (secondary N) is 2. The van der Waals surface area contributed by atoms with Gasteiger partial charge in [0.1, 0.15) is 12.6 Å². The van der Waals surface area contributed by atoms with Crippen LogP contribution in [0.25, 0.3) is 0 Å². The van der Waals surface area contributed by atoms with Gasteiger partial charge in [-0.1, -0.05) is 73.7 Å². The first-order valence-corrected chi connectivity index (χ1v) is 17.6. The van der Waals surface area contributed by atoms with Crippen LogP contribution in [0, 0.1) is 5.92 Å². The molecule has 2 aliphatic heterocycles. The highest BCUT2D eigenvalue weighted by Crippen LogP contribution is 2.43. The normalized spacial score (nSPS) is 21.7. The molecule has 0 radical (unpaired) electrons. The molecule has 2 aliphatic rings. The molecule has 2 heterocycles. The molecule has 0 aromatic heterocycles. The van der Waals surface area contributed by atoms with Gasteiger partial charge in [-0.15, -0.1) is 11.8 Å². The van der Waals surface area contributed by atoms with Crippen LogP contribution in [-0.4, -0.2) is 46.8 Å². The number of carbonyl (C=O) groups excluding carboxylic acids is 4. The third-order valence-corrected chi connectivity index (χ3v) is 9.89. The van der Waals surface area contributed by atoms with Gasteiger partial charge < -0.3 is 30.0 Å². The molecule has 51 heavy (non-hydrogen) atoms. The van der Waals surface area contributed by atoms with Crippen LogP contribution in [0.1, 0.15) is 54.9 Å². The molecule has 0 saturated carbocycles. The Hall–Kier alpha value is -5.01. The van der Waals surface area contributed by atoms with Gasteiger partial charge in [0.2, 0.25) is 11.8 Å². The Morgan fingerprint density at radius 2 is 1.57 bits per heavy atom. The predicted octanol–water partition coefficient (Wildman–Crippen LogP) is 6.28. The number of imide groups is 1. The number of ether oxygens (including phenoxy) is 3. The number of thioether (sulfide) groups is 1. The van der Waals surface area contributed by atoms with E-state index in [9.17, 15) is 24.3 Å². The van der Waals surface area contributed by atoms with E-state index in [-0.39, 0.29) is 43.7 Å². The summed E-state index contributed by atoms with van der Waals surface area (Å²) >= 11 is 1.64. The van der Waals surface area contributed by atoms with Crippen LogP contribution in [0.2, 0.25) is 0 Å². The summed E-state index contributed by atoms with van der Waals surface area (Å²) in [6.07, 6.45) is -2.25. The Kier molecular flexibility index (Phi) is 11.5. The zero-order chi connectivity index (χ0) is 35.9. The van der Waals surface area contributed by atoms with E-state index < -0.39 is 30.2 Å². The van der Waals surface area contributed by atoms with Gasteiger partial charge in [-0.05, 0) is 53.1 Å². The summed E-state index contributed by atoms with van der Waals surface area (Å²) in [5.74, 6) is -0.516. The molecule has 0 bridgehead atoms. The average Bonchev–Trinajstić information content (AvgIpc) is 3.42. The highest BCUT2D eigenvalue weighted by molar-refractivity contribution is 7.99. The SMILES string of the molecule is CC(=O)Nc1ccc(SC[C@@H]2O[C@H](c3ccc(N4C(=O)CC(NC(=O)OCc5ccccc5)C4=O)cc3)O[C@H](c3ccc(CO)cc3)[C@@H]2C)cc1. The lowest BCUT2D eigenvalue weighted by atomic mass is 9.91. The molecule has 4 aromatic carbocycles. The van der Waals surface area contributed by atoms with Crippen molar-refractivity contribution in [3.8, 4) is 0 Å². The van der Waals surface area contributed by atoms with E-state index in [2.05, 4.69) is 17.6 Å². The molecule has 0 spiro atoms. The molecule has 11 nitrogen and oxygen atoms in total. The summed E-state index contributed by atoms with van der Waals surface area (Å²) in [6.45, 7) is 3.54. The Labute approximate surface area is 300 Å². The van der Waals surface area contributed by atoms with Crippen LogP contribution in [0.15, 0.2) is 108 Å². The quantitative estimate of drug-likeness (QED) is 0.121. The van der Waals surface area contributed by atoms with E-state index in [0.29, 0.717) is 17.0 Å². The average molecular weight is 710 g/mol. The minimum Gasteiger partial charge on any atom is -0.445 e. The largest absolute Gasteiger partial charge is 0.445 e. The molecule has 2 fully saturated rings. The van der Waals surface area contributed by atoms with Crippen molar-refractivity contribution < 1.29 is 38.5 Å². The Balaban J connectivity index is 1.14. The lowest BCUT2D eigenvalue weighted by Gasteiger charge is -2.41. The van der Waals surface area contributed by atoms with Crippen molar-refractivity contribution in [3.63, 3.8) is 0 Å². The first-order valence-electron chi connectivity index (χ1n) is 16.6. The third-order valence-electron chi connectivity index (χ3n) is 8.79. The van der Waals surface area contributed by atoms with Crippen LogP contribution >= 0.6 is 11.8 Å². The van der Waals surface area contributed by atoms with E-state index in [1.54, 1.807) is 36.0 Å². The number of amides is 4. The van der Waals surface area contributed by atoms with Gasteiger partial charge in [0, 0.05) is 34.7 Å². The number of hydrogen-bond acceptors (Lipinski definition) is 9. The minimum atomic E-state index is -1.04. The topological polar surface area (TPSA) is 144 Å². The molecule has 12 heteroatoms. The Bertz CT molecular complexity index is 1840. The number of carbonyl (C=O) groups is 4. The molecule has 4 amide bonds. The zero-order valence-corrected chi connectivity index (χ0v) is 29.0. The molecule has 6 rings (SSSR count). The molecule has 4 aromatic rings. The maximum absolute atomic E-state index is 13.2. The van der Waals surface area contributed by atoms with Crippen molar-refractivity contribution in [3.05, 3.63) is 125 Å². The summed E-state index contributed by atoms with van der Waals surface area (Å²) < 4.78 is 18.4. The molecular weight excluding hydrogens is 671 g/mol. The Morgan fingerprint density at radius 1 is 0.882 bits per heavy atom. The van der Waals surface area contributed by atoms with E-state index >= 15 is 0 Å². The number of hydrogen-bond donors (Lipinski definition) is 3. The number of nitrogens with zero attached hydrogens (tertiary/aromatic N) is 1. The van der Waals surface area contributed by atoms with Crippen molar-refractivity contribution in [1.29, 1.82) is 0 Å². The first kappa shape index (κ1) is 35.8. The lowest BCUT2D eigenvalue weighted by molar-refractivity contribution is -0.268. The van der Waals surface area contributed by atoms with Gasteiger partial charge in [0.25, 0.3) is 5.91 Å². The molecule has 5 atom stereocenters. The number of rotatable bonds is 11. The van der Waals surface area contributed by atoms with Gasteiger partial charge in [0.05, 0.1) is 30.9 Å². The van der Waals surface area contributed by atoms with Crippen molar-refractivity contribution in [2.75, 3.05) is 16.0 Å².